The minimum absolute atomic E-state index is 0.989. The standard InChI is InChI=1S/C14H14S2/c15-13-7-4-8-14(16)12(13)10-9-11-5-2-1-3-6-11/h1-8,15-16H,9-10H2. The third kappa shape index (κ3) is 2.83. The highest BCUT2D eigenvalue weighted by molar-refractivity contribution is 7.81. The van der Waals surface area contributed by atoms with Gasteiger partial charge in [-0.2, -0.15) is 0 Å². The second kappa shape index (κ2) is 5.46. The fourth-order valence-corrected chi connectivity index (χ4v) is 2.46. The Kier molecular flexibility index (Phi) is 3.97. The van der Waals surface area contributed by atoms with Crippen LogP contribution in [-0.4, -0.2) is 0 Å². The van der Waals surface area contributed by atoms with Crippen molar-refractivity contribution in [3.05, 3.63) is 59.7 Å². The van der Waals surface area contributed by atoms with E-state index >= 15 is 0 Å². The molecule has 0 fully saturated rings. The molecular weight excluding hydrogens is 232 g/mol. The first-order valence-electron chi connectivity index (χ1n) is 5.31. The third-order valence-electron chi connectivity index (χ3n) is 2.63. The highest BCUT2D eigenvalue weighted by Gasteiger charge is 2.03. The lowest BCUT2D eigenvalue weighted by Gasteiger charge is -2.08. The van der Waals surface area contributed by atoms with Gasteiger partial charge in [0.2, 0.25) is 0 Å². The molecule has 0 saturated carbocycles. The monoisotopic (exact) mass is 246 g/mol. The van der Waals surface area contributed by atoms with Gasteiger partial charge in [-0.15, -0.1) is 25.3 Å². The summed E-state index contributed by atoms with van der Waals surface area (Å²) in [5.74, 6) is 0. The number of hydrogen-bond acceptors (Lipinski definition) is 2. The van der Waals surface area contributed by atoms with E-state index in [0.29, 0.717) is 0 Å². The lowest BCUT2D eigenvalue weighted by atomic mass is 10.0. The van der Waals surface area contributed by atoms with Crippen LogP contribution in [0.3, 0.4) is 0 Å². The first-order chi connectivity index (χ1) is 7.77. The normalized spacial score (nSPS) is 10.4. The quantitative estimate of drug-likeness (QED) is 0.750. The molecule has 0 atom stereocenters. The predicted molar refractivity (Wildman–Crippen MR) is 74.8 cm³/mol. The molecule has 0 aromatic heterocycles. The molecule has 2 rings (SSSR count). The largest absolute Gasteiger partial charge is 0.143 e. The number of hydrogen-bond donors (Lipinski definition) is 2. The molecule has 2 heteroatoms. The average molecular weight is 246 g/mol. The van der Waals surface area contributed by atoms with Crippen molar-refractivity contribution >= 4 is 25.3 Å². The molecule has 0 radical (unpaired) electrons. The maximum absolute atomic E-state index is 4.47. The first-order valence-corrected chi connectivity index (χ1v) is 6.20. The van der Waals surface area contributed by atoms with E-state index in [2.05, 4.69) is 49.5 Å². The van der Waals surface area contributed by atoms with Crippen LogP contribution in [0.25, 0.3) is 0 Å². The van der Waals surface area contributed by atoms with Crippen molar-refractivity contribution in [2.75, 3.05) is 0 Å². The maximum atomic E-state index is 4.47. The van der Waals surface area contributed by atoms with Gasteiger partial charge in [-0.05, 0) is 36.1 Å². The topological polar surface area (TPSA) is 0 Å². The number of benzene rings is 2. The van der Waals surface area contributed by atoms with Crippen molar-refractivity contribution in [3.8, 4) is 0 Å². The van der Waals surface area contributed by atoms with E-state index in [-0.39, 0.29) is 0 Å². The third-order valence-corrected chi connectivity index (χ3v) is 3.47. The Labute approximate surface area is 108 Å². The van der Waals surface area contributed by atoms with Gasteiger partial charge in [0.15, 0.2) is 0 Å². The van der Waals surface area contributed by atoms with E-state index in [1.807, 2.05) is 24.3 Å². The average Bonchev–Trinajstić information content (AvgIpc) is 2.30. The molecule has 0 aliphatic carbocycles. The van der Waals surface area contributed by atoms with Crippen LogP contribution in [0, 0.1) is 0 Å². The zero-order valence-corrected chi connectivity index (χ0v) is 10.7. The molecule has 2 aromatic rings. The lowest BCUT2D eigenvalue weighted by Crippen LogP contribution is -1.94. The Morgan fingerprint density at radius 2 is 1.31 bits per heavy atom. The van der Waals surface area contributed by atoms with Crippen LogP contribution in [0.4, 0.5) is 0 Å². The van der Waals surface area contributed by atoms with Gasteiger partial charge < -0.3 is 0 Å². The minimum Gasteiger partial charge on any atom is -0.143 e. The Hall–Kier alpha value is -0.860. The number of aryl methyl sites for hydroxylation is 1. The van der Waals surface area contributed by atoms with Gasteiger partial charge in [0.05, 0.1) is 0 Å². The van der Waals surface area contributed by atoms with Gasteiger partial charge in [-0.25, -0.2) is 0 Å². The van der Waals surface area contributed by atoms with Crippen LogP contribution in [0.2, 0.25) is 0 Å². The van der Waals surface area contributed by atoms with Gasteiger partial charge in [0, 0.05) is 9.79 Å². The van der Waals surface area contributed by atoms with E-state index in [1.54, 1.807) is 0 Å². The smallest absolute Gasteiger partial charge is 0.00832 e. The molecule has 16 heavy (non-hydrogen) atoms. The summed E-state index contributed by atoms with van der Waals surface area (Å²) < 4.78 is 0. The van der Waals surface area contributed by atoms with E-state index in [9.17, 15) is 0 Å². The van der Waals surface area contributed by atoms with Crippen molar-refractivity contribution in [2.24, 2.45) is 0 Å². The summed E-state index contributed by atoms with van der Waals surface area (Å²) in [7, 11) is 0. The summed E-state index contributed by atoms with van der Waals surface area (Å²) in [6.07, 6.45) is 2.02. The zero-order chi connectivity index (χ0) is 11.4. The summed E-state index contributed by atoms with van der Waals surface area (Å²) in [6, 6.07) is 16.5. The van der Waals surface area contributed by atoms with Gasteiger partial charge >= 0.3 is 0 Å². The van der Waals surface area contributed by atoms with Crippen LogP contribution < -0.4 is 0 Å². The van der Waals surface area contributed by atoms with Gasteiger partial charge in [-0.3, -0.25) is 0 Å². The molecule has 0 amide bonds. The second-order valence-electron chi connectivity index (χ2n) is 3.76. The molecule has 0 heterocycles. The Morgan fingerprint density at radius 1 is 0.688 bits per heavy atom. The number of thiol groups is 2. The van der Waals surface area contributed by atoms with Crippen LogP contribution in [0.15, 0.2) is 58.3 Å². The zero-order valence-electron chi connectivity index (χ0n) is 8.93. The van der Waals surface area contributed by atoms with Crippen molar-refractivity contribution in [1.29, 1.82) is 0 Å². The molecule has 0 aliphatic heterocycles. The molecule has 0 N–H and O–H groups in total. The van der Waals surface area contributed by atoms with Crippen LogP contribution in [0.1, 0.15) is 11.1 Å². The van der Waals surface area contributed by atoms with E-state index in [1.165, 1.54) is 11.1 Å². The molecule has 0 nitrogen and oxygen atoms in total. The van der Waals surface area contributed by atoms with Crippen molar-refractivity contribution in [2.45, 2.75) is 22.6 Å². The van der Waals surface area contributed by atoms with Gasteiger partial charge in [0.25, 0.3) is 0 Å². The predicted octanol–water partition coefficient (Wildman–Crippen LogP) is 4.05. The van der Waals surface area contributed by atoms with Crippen molar-refractivity contribution in [3.63, 3.8) is 0 Å². The Balaban J connectivity index is 2.11. The fourth-order valence-electron chi connectivity index (χ4n) is 1.73. The van der Waals surface area contributed by atoms with Gasteiger partial charge in [-0.1, -0.05) is 36.4 Å². The Morgan fingerprint density at radius 3 is 1.94 bits per heavy atom. The molecule has 0 saturated heterocycles. The molecule has 0 spiro atoms. The van der Waals surface area contributed by atoms with Crippen molar-refractivity contribution in [1.82, 2.24) is 0 Å². The summed E-state index contributed by atoms with van der Waals surface area (Å²) in [5, 5.41) is 0. The number of rotatable bonds is 3. The molecule has 82 valence electrons. The van der Waals surface area contributed by atoms with Crippen LogP contribution >= 0.6 is 25.3 Å². The van der Waals surface area contributed by atoms with E-state index in [0.717, 1.165) is 22.6 Å². The van der Waals surface area contributed by atoms with Gasteiger partial charge in [0.1, 0.15) is 0 Å². The summed E-state index contributed by atoms with van der Waals surface area (Å²) in [6.45, 7) is 0. The SMILES string of the molecule is Sc1cccc(S)c1CCc1ccccc1. The van der Waals surface area contributed by atoms with Crippen molar-refractivity contribution < 1.29 is 0 Å². The molecule has 0 aliphatic rings. The Bertz CT molecular complexity index is 443. The van der Waals surface area contributed by atoms with Crippen LogP contribution in [0.5, 0.6) is 0 Å². The summed E-state index contributed by atoms with van der Waals surface area (Å²) >= 11 is 8.93. The molecule has 0 bridgehead atoms. The van der Waals surface area contributed by atoms with E-state index in [4.69, 9.17) is 0 Å². The molecular formula is C14H14S2. The molecule has 2 aromatic carbocycles. The maximum Gasteiger partial charge on any atom is 0.00832 e. The first kappa shape index (κ1) is 11.6. The fraction of sp³-hybridized carbons (Fsp3) is 0.143. The minimum atomic E-state index is 0.989. The highest BCUT2D eigenvalue weighted by Crippen LogP contribution is 2.23. The summed E-state index contributed by atoms with van der Waals surface area (Å²) in [5.41, 5.74) is 2.59. The van der Waals surface area contributed by atoms with Crippen LogP contribution in [-0.2, 0) is 12.8 Å². The van der Waals surface area contributed by atoms with E-state index < -0.39 is 0 Å². The molecule has 0 unspecified atom stereocenters. The summed E-state index contributed by atoms with van der Waals surface area (Å²) in [4.78, 5) is 2.06. The highest BCUT2D eigenvalue weighted by atomic mass is 32.1. The lowest BCUT2D eigenvalue weighted by molar-refractivity contribution is 0.909. The second-order valence-corrected chi connectivity index (χ2v) is 4.72.